The van der Waals surface area contributed by atoms with E-state index in [1.807, 2.05) is 79.0 Å². The maximum absolute atomic E-state index is 12.0. The molecule has 0 aliphatic heterocycles. The van der Waals surface area contributed by atoms with E-state index in [1.165, 1.54) is 7.11 Å². The lowest BCUT2D eigenvalue weighted by molar-refractivity contribution is 0.0600. The molecule has 5 rings (SSSR count). The van der Waals surface area contributed by atoms with Gasteiger partial charge in [0.1, 0.15) is 0 Å². The standard InChI is InChI=1S/C31H23BrN2O2/c1-36-31(35)24-15-17-28(18-16-24)34-29(22-9-4-2-5-10-22)19-25(30(34)23-11-6-3-7-12-23)21-33-27-14-8-13-26(32)20-27/h2-21H,1H3. The first-order valence-electron chi connectivity index (χ1n) is 11.5. The first kappa shape index (κ1) is 23.5. The molecule has 0 saturated heterocycles. The minimum absolute atomic E-state index is 0.359. The monoisotopic (exact) mass is 534 g/mol. The van der Waals surface area contributed by atoms with Crippen LogP contribution in [0, 0.1) is 0 Å². The van der Waals surface area contributed by atoms with Crippen molar-refractivity contribution < 1.29 is 9.53 Å². The normalized spacial score (nSPS) is 11.1. The van der Waals surface area contributed by atoms with Gasteiger partial charge in [0, 0.05) is 21.9 Å². The topological polar surface area (TPSA) is 43.6 Å². The van der Waals surface area contributed by atoms with Gasteiger partial charge in [0.25, 0.3) is 0 Å². The molecule has 0 bridgehead atoms. The molecule has 0 saturated carbocycles. The number of benzene rings is 4. The van der Waals surface area contributed by atoms with Crippen LogP contribution >= 0.6 is 15.9 Å². The van der Waals surface area contributed by atoms with Gasteiger partial charge in [-0.3, -0.25) is 4.99 Å². The van der Waals surface area contributed by atoms with E-state index >= 15 is 0 Å². The second-order valence-electron chi connectivity index (χ2n) is 8.18. The lowest BCUT2D eigenvalue weighted by Crippen LogP contribution is -2.03. The number of esters is 1. The number of hydrogen-bond donors (Lipinski definition) is 0. The van der Waals surface area contributed by atoms with Crippen molar-refractivity contribution in [3.8, 4) is 28.2 Å². The van der Waals surface area contributed by atoms with Crippen LogP contribution in [0.4, 0.5) is 5.69 Å². The SMILES string of the molecule is COC(=O)c1ccc(-n2c(-c3ccccc3)cc(C=Nc3cccc(Br)c3)c2-c2ccccc2)cc1. The summed E-state index contributed by atoms with van der Waals surface area (Å²) in [6, 6.07) is 38.1. The highest BCUT2D eigenvalue weighted by atomic mass is 79.9. The smallest absolute Gasteiger partial charge is 0.337 e. The van der Waals surface area contributed by atoms with Crippen LogP contribution in [0.5, 0.6) is 0 Å². The average Bonchev–Trinajstić information content (AvgIpc) is 3.32. The Bertz CT molecular complexity index is 1520. The van der Waals surface area contributed by atoms with Crippen molar-refractivity contribution in [1.29, 1.82) is 0 Å². The highest BCUT2D eigenvalue weighted by molar-refractivity contribution is 9.10. The molecule has 0 aliphatic carbocycles. The van der Waals surface area contributed by atoms with Gasteiger partial charge in [-0.15, -0.1) is 0 Å². The first-order valence-corrected chi connectivity index (χ1v) is 12.3. The van der Waals surface area contributed by atoms with Gasteiger partial charge in [-0.1, -0.05) is 82.7 Å². The minimum Gasteiger partial charge on any atom is -0.465 e. The summed E-state index contributed by atoms with van der Waals surface area (Å²) < 4.78 is 8.08. The number of carbonyl (C=O) groups is 1. The molecule has 0 aliphatic rings. The molecule has 176 valence electrons. The number of rotatable bonds is 6. The lowest BCUT2D eigenvalue weighted by atomic mass is 10.1. The Labute approximate surface area is 218 Å². The van der Waals surface area contributed by atoms with Gasteiger partial charge in [-0.2, -0.15) is 0 Å². The largest absolute Gasteiger partial charge is 0.465 e. The van der Waals surface area contributed by atoms with Gasteiger partial charge in [0.2, 0.25) is 0 Å². The molecule has 0 unspecified atom stereocenters. The lowest BCUT2D eigenvalue weighted by Gasteiger charge is -2.15. The van der Waals surface area contributed by atoms with Crippen molar-refractivity contribution in [2.24, 2.45) is 4.99 Å². The van der Waals surface area contributed by atoms with E-state index < -0.39 is 0 Å². The zero-order chi connectivity index (χ0) is 24.9. The number of carbonyl (C=O) groups excluding carboxylic acids is 1. The summed E-state index contributed by atoms with van der Waals surface area (Å²) in [6.45, 7) is 0. The molecule has 0 amide bonds. The van der Waals surface area contributed by atoms with Crippen molar-refractivity contribution in [3.63, 3.8) is 0 Å². The summed E-state index contributed by atoms with van der Waals surface area (Å²) in [4.78, 5) is 16.8. The Morgan fingerprint density at radius 3 is 2.11 bits per heavy atom. The fraction of sp³-hybridized carbons (Fsp3) is 0.0323. The zero-order valence-electron chi connectivity index (χ0n) is 19.6. The highest BCUT2D eigenvalue weighted by Gasteiger charge is 2.19. The molecular weight excluding hydrogens is 512 g/mol. The van der Waals surface area contributed by atoms with Gasteiger partial charge in [0.15, 0.2) is 0 Å². The molecule has 4 aromatic carbocycles. The zero-order valence-corrected chi connectivity index (χ0v) is 21.2. The molecule has 1 heterocycles. The Hall–Kier alpha value is -4.22. The van der Waals surface area contributed by atoms with Crippen molar-refractivity contribution in [2.45, 2.75) is 0 Å². The van der Waals surface area contributed by atoms with E-state index in [4.69, 9.17) is 9.73 Å². The summed E-state index contributed by atoms with van der Waals surface area (Å²) >= 11 is 3.53. The Morgan fingerprint density at radius 2 is 1.47 bits per heavy atom. The van der Waals surface area contributed by atoms with Crippen LogP contribution in [-0.4, -0.2) is 23.9 Å². The first-order chi connectivity index (χ1) is 17.6. The summed E-state index contributed by atoms with van der Waals surface area (Å²) in [6.07, 6.45) is 1.91. The van der Waals surface area contributed by atoms with Crippen molar-refractivity contribution in [3.05, 3.63) is 131 Å². The molecule has 36 heavy (non-hydrogen) atoms. The number of halogens is 1. The van der Waals surface area contributed by atoms with Gasteiger partial charge in [0.05, 0.1) is 29.7 Å². The predicted octanol–water partition coefficient (Wildman–Crippen LogP) is 8.11. The van der Waals surface area contributed by atoms with Gasteiger partial charge < -0.3 is 9.30 Å². The number of aromatic nitrogens is 1. The van der Waals surface area contributed by atoms with Crippen LogP contribution < -0.4 is 0 Å². The number of methoxy groups -OCH3 is 1. The number of ether oxygens (including phenoxy) is 1. The molecule has 0 N–H and O–H groups in total. The molecule has 0 atom stereocenters. The van der Waals surface area contributed by atoms with E-state index in [0.717, 1.165) is 43.9 Å². The highest BCUT2D eigenvalue weighted by Crippen LogP contribution is 2.36. The quantitative estimate of drug-likeness (QED) is 0.163. The molecular formula is C31H23BrN2O2. The maximum atomic E-state index is 12.0. The van der Waals surface area contributed by atoms with Gasteiger partial charge in [-0.05, 0) is 59.7 Å². The molecule has 0 fully saturated rings. The molecule has 4 nitrogen and oxygen atoms in total. The maximum Gasteiger partial charge on any atom is 0.337 e. The fourth-order valence-corrected chi connectivity index (χ4v) is 4.56. The van der Waals surface area contributed by atoms with Crippen LogP contribution in [0.15, 0.2) is 125 Å². The molecule has 5 heteroatoms. The Kier molecular flexibility index (Phi) is 6.92. The molecule has 0 spiro atoms. The summed E-state index contributed by atoms with van der Waals surface area (Å²) in [7, 11) is 1.39. The predicted molar refractivity (Wildman–Crippen MR) is 149 cm³/mol. The van der Waals surface area contributed by atoms with Crippen molar-refractivity contribution in [2.75, 3.05) is 7.11 Å². The van der Waals surface area contributed by atoms with Crippen LogP contribution in [0.2, 0.25) is 0 Å². The van der Waals surface area contributed by atoms with Crippen LogP contribution in [-0.2, 0) is 4.74 Å². The van der Waals surface area contributed by atoms with Crippen molar-refractivity contribution >= 4 is 33.8 Å². The molecule has 1 aromatic heterocycles. The van der Waals surface area contributed by atoms with Crippen LogP contribution in [0.25, 0.3) is 28.2 Å². The number of nitrogens with zero attached hydrogens (tertiary/aromatic N) is 2. The van der Waals surface area contributed by atoms with E-state index in [2.05, 4.69) is 50.8 Å². The molecule has 5 aromatic rings. The summed E-state index contributed by atoms with van der Waals surface area (Å²) in [5.74, 6) is -0.359. The van der Waals surface area contributed by atoms with Crippen LogP contribution in [0.1, 0.15) is 15.9 Å². The van der Waals surface area contributed by atoms with Gasteiger partial charge >= 0.3 is 5.97 Å². The minimum atomic E-state index is -0.359. The third kappa shape index (κ3) is 4.92. The van der Waals surface area contributed by atoms with E-state index in [0.29, 0.717) is 5.56 Å². The second-order valence-corrected chi connectivity index (χ2v) is 9.09. The average molecular weight is 535 g/mol. The van der Waals surface area contributed by atoms with E-state index in [9.17, 15) is 4.79 Å². The second kappa shape index (κ2) is 10.6. The van der Waals surface area contributed by atoms with E-state index in [-0.39, 0.29) is 5.97 Å². The third-order valence-corrected chi connectivity index (χ3v) is 6.35. The molecule has 0 radical (unpaired) electrons. The Balaban J connectivity index is 1.75. The van der Waals surface area contributed by atoms with Crippen LogP contribution in [0.3, 0.4) is 0 Å². The number of hydrogen-bond acceptors (Lipinski definition) is 3. The third-order valence-electron chi connectivity index (χ3n) is 5.85. The van der Waals surface area contributed by atoms with Crippen molar-refractivity contribution in [1.82, 2.24) is 4.57 Å². The van der Waals surface area contributed by atoms with Gasteiger partial charge in [-0.25, -0.2) is 4.79 Å². The number of aliphatic imine (C=N–C) groups is 1. The van der Waals surface area contributed by atoms with E-state index in [1.54, 1.807) is 12.1 Å². The fourth-order valence-electron chi connectivity index (χ4n) is 4.17. The Morgan fingerprint density at radius 1 is 0.806 bits per heavy atom. The summed E-state index contributed by atoms with van der Waals surface area (Å²) in [5, 5.41) is 0. The summed E-state index contributed by atoms with van der Waals surface area (Å²) in [5.41, 5.74) is 7.46.